The fourth-order valence-corrected chi connectivity index (χ4v) is 13.0. The lowest BCUT2D eigenvalue weighted by Gasteiger charge is -2.52. The van der Waals surface area contributed by atoms with Gasteiger partial charge in [-0.05, 0) is 59.2 Å². The SMILES string of the molecule is C=C[C@@H]1[C@@H](C(=O)O[Si](C(C)C)(C(C)C)C(C)C)Cc2ccccc2C1(C)O[Si](C)(C)C(C)(C)C. The van der Waals surface area contributed by atoms with Crippen LogP contribution in [0.4, 0.5) is 0 Å². The summed E-state index contributed by atoms with van der Waals surface area (Å²) in [5.74, 6) is -0.514. The van der Waals surface area contributed by atoms with Gasteiger partial charge in [0.05, 0.1) is 11.5 Å². The first-order valence-electron chi connectivity index (χ1n) is 13.1. The molecule has 0 saturated heterocycles. The third-order valence-corrected chi connectivity index (χ3v) is 19.4. The average molecular weight is 503 g/mol. The minimum Gasteiger partial charge on any atom is -0.518 e. The molecule has 0 heterocycles. The zero-order valence-electron chi connectivity index (χ0n) is 23.9. The third-order valence-electron chi connectivity index (χ3n) is 8.88. The largest absolute Gasteiger partial charge is 0.518 e. The van der Waals surface area contributed by atoms with E-state index < -0.39 is 22.2 Å². The molecule has 0 radical (unpaired) electrons. The van der Waals surface area contributed by atoms with E-state index in [0.29, 0.717) is 23.0 Å². The molecule has 34 heavy (non-hydrogen) atoms. The van der Waals surface area contributed by atoms with Crippen LogP contribution in [-0.2, 0) is 25.7 Å². The quantitative estimate of drug-likeness (QED) is 0.264. The number of hydrogen-bond acceptors (Lipinski definition) is 3. The second-order valence-corrected chi connectivity index (χ2v) is 23.0. The fraction of sp³-hybridized carbons (Fsp3) is 0.690. The minimum absolute atomic E-state index is 0.0547. The molecular formula is C29H50O3Si2. The molecule has 0 N–H and O–H groups in total. The van der Waals surface area contributed by atoms with E-state index in [2.05, 4.69) is 113 Å². The molecule has 0 bridgehead atoms. The lowest BCUT2D eigenvalue weighted by molar-refractivity contribution is -0.146. The monoisotopic (exact) mass is 502 g/mol. The van der Waals surface area contributed by atoms with Crippen molar-refractivity contribution in [2.24, 2.45) is 11.8 Å². The van der Waals surface area contributed by atoms with E-state index >= 15 is 0 Å². The lowest BCUT2D eigenvalue weighted by atomic mass is 9.67. The van der Waals surface area contributed by atoms with Gasteiger partial charge in [-0.15, -0.1) is 6.58 Å². The number of carbonyl (C=O) groups is 1. The van der Waals surface area contributed by atoms with Crippen LogP contribution >= 0.6 is 0 Å². The van der Waals surface area contributed by atoms with E-state index in [1.54, 1.807) is 0 Å². The Hall–Kier alpha value is -1.18. The predicted octanol–water partition coefficient (Wildman–Crippen LogP) is 8.62. The van der Waals surface area contributed by atoms with Crippen molar-refractivity contribution < 1.29 is 13.6 Å². The molecule has 0 amide bonds. The molecule has 1 aliphatic rings. The Balaban J connectivity index is 2.61. The van der Waals surface area contributed by atoms with E-state index in [1.165, 1.54) is 11.1 Å². The van der Waals surface area contributed by atoms with Gasteiger partial charge in [-0.3, -0.25) is 4.79 Å². The molecule has 3 nitrogen and oxygen atoms in total. The van der Waals surface area contributed by atoms with E-state index in [-0.39, 0.29) is 22.8 Å². The number of benzene rings is 1. The number of hydrogen-bond donors (Lipinski definition) is 0. The molecule has 0 saturated carbocycles. The molecule has 1 unspecified atom stereocenters. The van der Waals surface area contributed by atoms with Crippen LogP contribution in [0.15, 0.2) is 36.9 Å². The van der Waals surface area contributed by atoms with Gasteiger partial charge in [0, 0.05) is 5.92 Å². The van der Waals surface area contributed by atoms with E-state index in [4.69, 9.17) is 8.85 Å². The maximum absolute atomic E-state index is 14.1. The second-order valence-electron chi connectivity index (χ2n) is 12.9. The van der Waals surface area contributed by atoms with Crippen LogP contribution in [0.5, 0.6) is 0 Å². The maximum Gasteiger partial charge on any atom is 0.296 e. The van der Waals surface area contributed by atoms with Gasteiger partial charge in [0.1, 0.15) is 0 Å². The highest BCUT2D eigenvalue weighted by atomic mass is 28.4. The first-order valence-corrected chi connectivity index (χ1v) is 18.1. The zero-order valence-corrected chi connectivity index (χ0v) is 25.9. The number of carbonyl (C=O) groups excluding carboxylic acids is 1. The number of rotatable bonds is 8. The van der Waals surface area contributed by atoms with E-state index in [9.17, 15) is 4.79 Å². The van der Waals surface area contributed by atoms with Crippen LogP contribution in [-0.4, -0.2) is 22.6 Å². The Morgan fingerprint density at radius 3 is 2.00 bits per heavy atom. The number of fused-ring (bicyclic) bond motifs is 1. The first kappa shape index (κ1) is 29.1. The van der Waals surface area contributed by atoms with Crippen LogP contribution in [0.25, 0.3) is 0 Å². The summed E-state index contributed by atoms with van der Waals surface area (Å²) in [5.41, 5.74) is 2.81. The van der Waals surface area contributed by atoms with Gasteiger partial charge in [-0.2, -0.15) is 0 Å². The molecule has 192 valence electrons. The topological polar surface area (TPSA) is 35.5 Å². The third kappa shape index (κ3) is 5.03. The van der Waals surface area contributed by atoms with Gasteiger partial charge < -0.3 is 8.85 Å². The smallest absolute Gasteiger partial charge is 0.296 e. The standard InChI is InChI=1S/C29H50O3Si2/c1-14-25-24(27(30)31-34(20(2)3,21(4)5)22(6)7)19-23-17-15-16-18-26(23)29(25,11)32-33(12,13)28(8,9)10/h14-18,20-22,24-25H,1,19H2,2-13H3/t24-,25+,29?/m0/s1. The molecule has 2 rings (SSSR count). The fourth-order valence-electron chi connectivity index (χ4n) is 6.14. The van der Waals surface area contributed by atoms with Crippen LogP contribution < -0.4 is 0 Å². The summed E-state index contributed by atoms with van der Waals surface area (Å²) in [6, 6.07) is 8.48. The Bertz CT molecular complexity index is 860. The van der Waals surface area contributed by atoms with Crippen LogP contribution in [0.3, 0.4) is 0 Å². The molecule has 0 fully saturated rings. The lowest BCUT2D eigenvalue weighted by Crippen LogP contribution is -2.56. The van der Waals surface area contributed by atoms with E-state index in [1.807, 2.05) is 6.08 Å². The summed E-state index contributed by atoms with van der Waals surface area (Å²) in [6.07, 6.45) is 2.62. The highest BCUT2D eigenvalue weighted by molar-refractivity contribution is 6.79. The van der Waals surface area contributed by atoms with Crippen molar-refractivity contribution >= 4 is 22.6 Å². The van der Waals surface area contributed by atoms with Gasteiger partial charge in [0.15, 0.2) is 8.32 Å². The van der Waals surface area contributed by atoms with Gasteiger partial charge >= 0.3 is 0 Å². The molecule has 1 aromatic rings. The molecule has 1 aliphatic carbocycles. The summed E-state index contributed by atoms with van der Waals surface area (Å²) in [6.45, 7) is 31.1. The van der Waals surface area contributed by atoms with Gasteiger partial charge in [-0.25, -0.2) is 0 Å². The molecule has 5 heteroatoms. The summed E-state index contributed by atoms with van der Waals surface area (Å²) >= 11 is 0. The van der Waals surface area contributed by atoms with Crippen molar-refractivity contribution in [3.63, 3.8) is 0 Å². The Morgan fingerprint density at radius 1 is 1.06 bits per heavy atom. The van der Waals surface area contributed by atoms with E-state index in [0.717, 1.165) is 0 Å². The van der Waals surface area contributed by atoms with Crippen LogP contribution in [0.2, 0.25) is 34.8 Å². The summed E-state index contributed by atoms with van der Waals surface area (Å²) in [7, 11) is -4.49. The van der Waals surface area contributed by atoms with Crippen molar-refractivity contribution in [3.05, 3.63) is 48.0 Å². The van der Waals surface area contributed by atoms with Crippen molar-refractivity contribution in [1.82, 2.24) is 0 Å². The first-order chi connectivity index (χ1) is 15.5. The van der Waals surface area contributed by atoms with Gasteiger partial charge in [-0.1, -0.05) is 92.7 Å². The highest BCUT2D eigenvalue weighted by Crippen LogP contribution is 2.52. The summed E-state index contributed by atoms with van der Waals surface area (Å²) < 4.78 is 13.9. The van der Waals surface area contributed by atoms with Crippen molar-refractivity contribution in [3.8, 4) is 0 Å². The summed E-state index contributed by atoms with van der Waals surface area (Å²) in [4.78, 5) is 14.1. The van der Waals surface area contributed by atoms with Crippen molar-refractivity contribution in [1.29, 1.82) is 0 Å². The van der Waals surface area contributed by atoms with Crippen LogP contribution in [0.1, 0.15) is 80.4 Å². The molecule has 0 aliphatic heterocycles. The van der Waals surface area contributed by atoms with Gasteiger partial charge in [0.2, 0.25) is 0 Å². The Labute approximate surface area is 212 Å². The van der Waals surface area contributed by atoms with Crippen molar-refractivity contribution in [2.45, 2.75) is 116 Å². The Morgan fingerprint density at radius 2 is 1.56 bits per heavy atom. The minimum atomic E-state index is -2.35. The predicted molar refractivity (Wildman–Crippen MR) is 150 cm³/mol. The average Bonchev–Trinajstić information content (AvgIpc) is 2.69. The second kappa shape index (κ2) is 10.1. The maximum atomic E-state index is 14.1. The Kier molecular flexibility index (Phi) is 8.60. The summed E-state index contributed by atoms with van der Waals surface area (Å²) in [5, 5.41) is 0.0547. The molecule has 0 spiro atoms. The zero-order chi connectivity index (χ0) is 26.3. The molecule has 1 aromatic carbocycles. The molecule has 3 atom stereocenters. The molecule has 0 aromatic heterocycles. The normalized spacial score (nSPS) is 23.9. The molecular weight excluding hydrogens is 452 g/mol. The highest BCUT2D eigenvalue weighted by Gasteiger charge is 2.55. The van der Waals surface area contributed by atoms with Crippen LogP contribution in [0, 0.1) is 11.8 Å². The van der Waals surface area contributed by atoms with Gasteiger partial charge in [0.25, 0.3) is 14.3 Å². The van der Waals surface area contributed by atoms with Crippen molar-refractivity contribution in [2.75, 3.05) is 0 Å².